The van der Waals surface area contributed by atoms with E-state index in [0.29, 0.717) is 17.5 Å². The predicted molar refractivity (Wildman–Crippen MR) is 123 cm³/mol. The van der Waals surface area contributed by atoms with E-state index in [1.165, 1.54) is 36.0 Å². The van der Waals surface area contributed by atoms with Crippen molar-refractivity contribution >= 4 is 0 Å². The SMILES string of the molecule is CCCCCc1ccc(CCc2ccc(-c3ccc(CCC)c(F)c3F)cc2)cc1. The van der Waals surface area contributed by atoms with Crippen LogP contribution in [0.3, 0.4) is 0 Å². The molecule has 0 aromatic heterocycles. The maximum Gasteiger partial charge on any atom is 0.166 e. The third-order valence-electron chi connectivity index (χ3n) is 5.74. The lowest BCUT2D eigenvalue weighted by molar-refractivity contribution is 0.500. The van der Waals surface area contributed by atoms with E-state index in [4.69, 9.17) is 0 Å². The first-order valence-corrected chi connectivity index (χ1v) is 11.3. The molecule has 0 aliphatic heterocycles. The van der Waals surface area contributed by atoms with E-state index in [9.17, 15) is 8.78 Å². The van der Waals surface area contributed by atoms with Crippen molar-refractivity contribution in [2.75, 3.05) is 0 Å². The summed E-state index contributed by atoms with van der Waals surface area (Å²) in [6, 6.07) is 20.2. The second-order valence-electron chi connectivity index (χ2n) is 8.12. The van der Waals surface area contributed by atoms with Gasteiger partial charge in [-0.2, -0.15) is 0 Å². The van der Waals surface area contributed by atoms with Gasteiger partial charge in [-0.3, -0.25) is 0 Å². The standard InChI is InChI=1S/C28H32F2/c1-3-5-6-8-21-9-11-22(12-10-21)13-14-23-15-17-24(18-16-23)26-20-19-25(7-4-2)27(29)28(26)30/h9-12,15-20H,3-8,13-14H2,1-2H3. The molecule has 0 fully saturated rings. The van der Waals surface area contributed by atoms with Gasteiger partial charge >= 0.3 is 0 Å². The summed E-state index contributed by atoms with van der Waals surface area (Å²) in [6.45, 7) is 4.19. The molecule has 0 atom stereocenters. The molecular weight excluding hydrogens is 374 g/mol. The molecule has 0 unspecified atom stereocenters. The van der Waals surface area contributed by atoms with Crippen LogP contribution in [0.5, 0.6) is 0 Å². The fourth-order valence-corrected chi connectivity index (χ4v) is 3.87. The van der Waals surface area contributed by atoms with Crippen LogP contribution in [0.2, 0.25) is 0 Å². The molecule has 0 bridgehead atoms. The first-order chi connectivity index (χ1) is 14.6. The number of hydrogen-bond donors (Lipinski definition) is 0. The van der Waals surface area contributed by atoms with Crippen molar-refractivity contribution in [2.24, 2.45) is 0 Å². The predicted octanol–water partition coefficient (Wildman–Crippen LogP) is 8.10. The highest BCUT2D eigenvalue weighted by molar-refractivity contribution is 5.65. The van der Waals surface area contributed by atoms with Crippen molar-refractivity contribution in [3.05, 3.63) is 94.6 Å². The fourth-order valence-electron chi connectivity index (χ4n) is 3.87. The molecule has 0 nitrogen and oxygen atoms in total. The summed E-state index contributed by atoms with van der Waals surface area (Å²) in [5.41, 5.74) is 5.45. The summed E-state index contributed by atoms with van der Waals surface area (Å²) >= 11 is 0. The van der Waals surface area contributed by atoms with Crippen LogP contribution in [0.25, 0.3) is 11.1 Å². The topological polar surface area (TPSA) is 0 Å². The average Bonchev–Trinajstić information content (AvgIpc) is 2.77. The van der Waals surface area contributed by atoms with Crippen molar-refractivity contribution in [3.8, 4) is 11.1 Å². The van der Waals surface area contributed by atoms with Crippen molar-refractivity contribution < 1.29 is 8.78 Å². The Balaban J connectivity index is 1.60. The zero-order chi connectivity index (χ0) is 21.3. The smallest absolute Gasteiger partial charge is 0.166 e. The fraction of sp³-hybridized carbons (Fsp3) is 0.357. The van der Waals surface area contributed by atoms with Crippen LogP contribution >= 0.6 is 0 Å². The molecule has 3 rings (SSSR count). The van der Waals surface area contributed by atoms with E-state index >= 15 is 0 Å². The number of aryl methyl sites for hydroxylation is 4. The zero-order valence-corrected chi connectivity index (χ0v) is 18.2. The molecule has 3 aromatic rings. The monoisotopic (exact) mass is 406 g/mol. The lowest BCUT2D eigenvalue weighted by Gasteiger charge is -2.09. The minimum atomic E-state index is -0.743. The van der Waals surface area contributed by atoms with Gasteiger partial charge in [0.15, 0.2) is 11.6 Å². The molecule has 3 aromatic carbocycles. The van der Waals surface area contributed by atoms with Crippen LogP contribution in [-0.2, 0) is 25.7 Å². The van der Waals surface area contributed by atoms with Crippen LogP contribution in [0.1, 0.15) is 61.8 Å². The summed E-state index contributed by atoms with van der Waals surface area (Å²) in [5, 5.41) is 0. The Morgan fingerprint density at radius 3 is 1.67 bits per heavy atom. The maximum atomic E-state index is 14.5. The Bertz CT molecular complexity index is 924. The zero-order valence-electron chi connectivity index (χ0n) is 18.2. The van der Waals surface area contributed by atoms with E-state index in [2.05, 4.69) is 31.2 Å². The van der Waals surface area contributed by atoms with Crippen molar-refractivity contribution in [3.63, 3.8) is 0 Å². The van der Waals surface area contributed by atoms with Crippen LogP contribution in [0, 0.1) is 11.6 Å². The minimum absolute atomic E-state index is 0.331. The van der Waals surface area contributed by atoms with Crippen LogP contribution in [-0.4, -0.2) is 0 Å². The quantitative estimate of drug-likeness (QED) is 0.298. The largest absolute Gasteiger partial charge is 0.203 e. The molecule has 0 saturated carbocycles. The first kappa shape index (κ1) is 22.2. The number of hydrogen-bond acceptors (Lipinski definition) is 0. The molecule has 0 heterocycles. The van der Waals surface area contributed by atoms with E-state index in [1.807, 2.05) is 31.2 Å². The molecule has 2 heteroatoms. The molecule has 30 heavy (non-hydrogen) atoms. The molecule has 0 radical (unpaired) electrons. The lowest BCUT2D eigenvalue weighted by atomic mass is 9.97. The number of unbranched alkanes of at least 4 members (excludes halogenated alkanes) is 2. The van der Waals surface area contributed by atoms with Gasteiger partial charge in [0.05, 0.1) is 0 Å². The molecule has 0 aliphatic carbocycles. The highest BCUT2D eigenvalue weighted by Crippen LogP contribution is 2.27. The summed E-state index contributed by atoms with van der Waals surface area (Å²) in [5.74, 6) is -1.45. The van der Waals surface area contributed by atoms with Gasteiger partial charge in [0, 0.05) is 5.56 Å². The van der Waals surface area contributed by atoms with Crippen molar-refractivity contribution in [2.45, 2.75) is 65.2 Å². The average molecular weight is 407 g/mol. The van der Waals surface area contributed by atoms with Gasteiger partial charge in [-0.25, -0.2) is 8.78 Å². The van der Waals surface area contributed by atoms with Crippen LogP contribution in [0.15, 0.2) is 60.7 Å². The molecule has 0 N–H and O–H groups in total. The molecule has 0 spiro atoms. The van der Waals surface area contributed by atoms with Gasteiger partial charge in [-0.05, 0) is 59.9 Å². The molecular formula is C28H32F2. The Morgan fingerprint density at radius 2 is 1.10 bits per heavy atom. The first-order valence-electron chi connectivity index (χ1n) is 11.3. The number of rotatable bonds is 10. The van der Waals surface area contributed by atoms with Gasteiger partial charge in [-0.15, -0.1) is 0 Å². The van der Waals surface area contributed by atoms with E-state index in [-0.39, 0.29) is 0 Å². The van der Waals surface area contributed by atoms with Gasteiger partial charge in [0.2, 0.25) is 0 Å². The van der Waals surface area contributed by atoms with E-state index < -0.39 is 11.6 Å². The summed E-state index contributed by atoms with van der Waals surface area (Å²) in [7, 11) is 0. The molecule has 0 amide bonds. The minimum Gasteiger partial charge on any atom is -0.203 e. The Morgan fingerprint density at radius 1 is 0.533 bits per heavy atom. The third kappa shape index (κ3) is 5.78. The van der Waals surface area contributed by atoms with Gasteiger partial charge in [-0.1, -0.05) is 93.8 Å². The Kier molecular flexibility index (Phi) is 8.19. The van der Waals surface area contributed by atoms with E-state index in [0.717, 1.165) is 31.2 Å². The summed E-state index contributed by atoms with van der Waals surface area (Å²) in [6.07, 6.45) is 8.22. The van der Waals surface area contributed by atoms with Crippen molar-refractivity contribution in [1.29, 1.82) is 0 Å². The van der Waals surface area contributed by atoms with E-state index in [1.54, 1.807) is 12.1 Å². The second kappa shape index (κ2) is 11.1. The molecule has 158 valence electrons. The summed E-state index contributed by atoms with van der Waals surface area (Å²) < 4.78 is 28.8. The lowest BCUT2D eigenvalue weighted by Crippen LogP contribution is -1.97. The van der Waals surface area contributed by atoms with Gasteiger partial charge in [0.25, 0.3) is 0 Å². The van der Waals surface area contributed by atoms with Gasteiger partial charge < -0.3 is 0 Å². The Labute approximate surface area is 180 Å². The van der Waals surface area contributed by atoms with Crippen LogP contribution in [0.4, 0.5) is 8.78 Å². The second-order valence-corrected chi connectivity index (χ2v) is 8.12. The Hall–Kier alpha value is -2.48. The summed E-state index contributed by atoms with van der Waals surface area (Å²) in [4.78, 5) is 0. The highest BCUT2D eigenvalue weighted by Gasteiger charge is 2.14. The maximum absolute atomic E-state index is 14.5. The number of halogens is 2. The third-order valence-corrected chi connectivity index (χ3v) is 5.74. The number of benzene rings is 3. The molecule has 0 saturated heterocycles. The molecule has 0 aliphatic rings. The highest BCUT2D eigenvalue weighted by atomic mass is 19.2. The van der Waals surface area contributed by atoms with Crippen LogP contribution < -0.4 is 0 Å². The normalized spacial score (nSPS) is 11.1. The van der Waals surface area contributed by atoms with Gasteiger partial charge in [0.1, 0.15) is 0 Å². The van der Waals surface area contributed by atoms with Crippen molar-refractivity contribution in [1.82, 2.24) is 0 Å².